The van der Waals surface area contributed by atoms with Crippen molar-refractivity contribution in [2.24, 2.45) is 5.73 Å². The Bertz CT molecular complexity index is 1330. The van der Waals surface area contributed by atoms with Crippen LogP contribution in [-0.2, 0) is 4.74 Å². The fourth-order valence-corrected chi connectivity index (χ4v) is 5.05. The van der Waals surface area contributed by atoms with Crippen LogP contribution in [0.25, 0.3) is 5.57 Å². The van der Waals surface area contributed by atoms with E-state index in [0.29, 0.717) is 42.4 Å². The van der Waals surface area contributed by atoms with Gasteiger partial charge in [0, 0.05) is 42.1 Å². The zero-order chi connectivity index (χ0) is 26.5. The third-order valence-corrected chi connectivity index (χ3v) is 7.07. The van der Waals surface area contributed by atoms with Gasteiger partial charge in [0.1, 0.15) is 17.3 Å². The van der Waals surface area contributed by atoms with Crippen molar-refractivity contribution in [1.82, 2.24) is 15.3 Å². The molecule has 0 bridgehead atoms. The van der Waals surface area contributed by atoms with Gasteiger partial charge >= 0.3 is 6.03 Å². The number of morpholine rings is 1. The van der Waals surface area contributed by atoms with E-state index in [1.807, 2.05) is 24.3 Å². The summed E-state index contributed by atoms with van der Waals surface area (Å²) in [6.07, 6.45) is 5.43. The number of hydrogen-bond donors (Lipinski definition) is 4. The molecule has 12 heteroatoms. The third kappa shape index (κ3) is 6.09. The van der Waals surface area contributed by atoms with E-state index in [1.54, 1.807) is 17.7 Å². The fraction of sp³-hybridized carbons (Fsp3) is 0.308. The van der Waals surface area contributed by atoms with Crippen LogP contribution in [0.1, 0.15) is 35.3 Å². The molecule has 5 N–H and O–H groups in total. The highest BCUT2D eigenvalue weighted by molar-refractivity contribution is 7.13. The first-order valence-corrected chi connectivity index (χ1v) is 13.2. The number of carbonyl (C=O) groups excluding carboxylic acids is 2. The van der Waals surface area contributed by atoms with Gasteiger partial charge < -0.3 is 26.0 Å². The Kier molecular flexibility index (Phi) is 7.80. The summed E-state index contributed by atoms with van der Waals surface area (Å²) >= 11 is 1.32. The molecule has 1 aromatic carbocycles. The minimum absolute atomic E-state index is 0.0441. The number of hydrogen-bond acceptors (Lipinski definition) is 8. The topological polar surface area (TPSA) is 134 Å². The zero-order valence-corrected chi connectivity index (χ0v) is 21.4. The summed E-state index contributed by atoms with van der Waals surface area (Å²) in [6.45, 7) is 3.01. The molecule has 0 radical (unpaired) electrons. The van der Waals surface area contributed by atoms with Gasteiger partial charge in [-0.05, 0) is 55.2 Å². The molecule has 38 heavy (non-hydrogen) atoms. The van der Waals surface area contributed by atoms with E-state index in [-0.39, 0.29) is 29.1 Å². The number of nitrogens with two attached hydrogens (primary N) is 1. The van der Waals surface area contributed by atoms with Crippen molar-refractivity contribution in [3.63, 3.8) is 0 Å². The fourth-order valence-electron chi connectivity index (χ4n) is 4.53. The number of nitrogens with one attached hydrogen (secondary N) is 3. The van der Waals surface area contributed by atoms with Crippen LogP contribution in [0, 0.1) is 5.82 Å². The van der Waals surface area contributed by atoms with Crippen molar-refractivity contribution >= 4 is 51.2 Å². The second-order valence-electron chi connectivity index (χ2n) is 8.98. The Morgan fingerprint density at radius 1 is 1.18 bits per heavy atom. The number of anilines is 4. The largest absolute Gasteiger partial charge is 0.378 e. The predicted molar refractivity (Wildman–Crippen MR) is 145 cm³/mol. The highest BCUT2D eigenvalue weighted by Crippen LogP contribution is 2.31. The van der Waals surface area contributed by atoms with Gasteiger partial charge in [-0.15, -0.1) is 11.3 Å². The van der Waals surface area contributed by atoms with Crippen LogP contribution >= 0.6 is 11.3 Å². The highest BCUT2D eigenvalue weighted by atomic mass is 32.1. The molecule has 1 aliphatic carbocycles. The molecular weight excluding hydrogens is 509 g/mol. The first kappa shape index (κ1) is 25.6. The summed E-state index contributed by atoms with van der Waals surface area (Å²) in [5.41, 5.74) is 8.01. The Balaban J connectivity index is 1.35. The number of primary amides is 1. The standard InChI is InChI=1S/C26H28FN7O3S/c27-21-15-20(23(28)35)24(30-17-4-6-19(7-5-17)34-9-11-37-12-10-34)32-22(21)16-2-1-3-18(14-16)31-25(36)33-26-29-8-13-38-26/h4-8,13-15,18H,1-3,9-12H2,(H2,28,35)(H,30,32)(H2,29,31,33,36)/t18-/m1/s1. The molecule has 1 fully saturated rings. The molecule has 0 unspecified atom stereocenters. The molecule has 5 rings (SSSR count). The number of carbonyl (C=O) groups is 2. The Morgan fingerprint density at radius 3 is 2.68 bits per heavy atom. The SMILES string of the molecule is NC(=O)c1cc(F)c(C2=C[C@H](NC(=O)Nc3nccs3)CCC2)nc1Nc1ccc(N2CCOCC2)cc1. The summed E-state index contributed by atoms with van der Waals surface area (Å²) in [6, 6.07) is 8.12. The van der Waals surface area contributed by atoms with Gasteiger partial charge in [0.05, 0.1) is 18.8 Å². The number of allylic oxidation sites excluding steroid dienone is 1. The van der Waals surface area contributed by atoms with E-state index in [9.17, 15) is 9.59 Å². The van der Waals surface area contributed by atoms with Gasteiger partial charge in [-0.1, -0.05) is 6.08 Å². The molecule has 1 aliphatic heterocycles. The van der Waals surface area contributed by atoms with E-state index in [2.05, 4.69) is 30.8 Å². The lowest BCUT2D eigenvalue weighted by Gasteiger charge is -2.29. The van der Waals surface area contributed by atoms with E-state index >= 15 is 4.39 Å². The van der Waals surface area contributed by atoms with Crippen LogP contribution in [0.15, 0.2) is 48.0 Å². The van der Waals surface area contributed by atoms with Crippen LogP contribution < -0.4 is 26.6 Å². The monoisotopic (exact) mass is 537 g/mol. The second-order valence-corrected chi connectivity index (χ2v) is 9.87. The van der Waals surface area contributed by atoms with Crippen LogP contribution in [0.5, 0.6) is 0 Å². The minimum Gasteiger partial charge on any atom is -0.378 e. The minimum atomic E-state index is -0.786. The van der Waals surface area contributed by atoms with E-state index in [4.69, 9.17) is 10.5 Å². The van der Waals surface area contributed by atoms with Crippen molar-refractivity contribution < 1.29 is 18.7 Å². The second kappa shape index (κ2) is 11.6. The first-order chi connectivity index (χ1) is 18.5. The van der Waals surface area contributed by atoms with Gasteiger partial charge in [0.15, 0.2) is 5.13 Å². The Labute approximate surface area is 223 Å². The molecule has 2 aromatic heterocycles. The summed E-state index contributed by atoms with van der Waals surface area (Å²) in [5, 5.41) is 10.9. The number of urea groups is 1. The van der Waals surface area contributed by atoms with Crippen molar-refractivity contribution in [1.29, 1.82) is 0 Å². The maximum atomic E-state index is 15.2. The number of aromatic nitrogens is 2. The number of rotatable bonds is 7. The molecule has 3 aromatic rings. The number of benzene rings is 1. The highest BCUT2D eigenvalue weighted by Gasteiger charge is 2.23. The van der Waals surface area contributed by atoms with Crippen LogP contribution in [-0.4, -0.2) is 54.3 Å². The molecule has 0 saturated carbocycles. The maximum absolute atomic E-state index is 15.2. The maximum Gasteiger partial charge on any atom is 0.321 e. The van der Waals surface area contributed by atoms with Crippen LogP contribution in [0.2, 0.25) is 0 Å². The lowest BCUT2D eigenvalue weighted by Crippen LogP contribution is -2.37. The van der Waals surface area contributed by atoms with Crippen molar-refractivity contribution in [3.8, 4) is 0 Å². The molecule has 1 atom stereocenters. The van der Waals surface area contributed by atoms with Gasteiger partial charge in [0.2, 0.25) is 0 Å². The number of nitrogens with zero attached hydrogens (tertiary/aromatic N) is 3. The molecule has 3 heterocycles. The average molecular weight is 538 g/mol. The first-order valence-electron chi connectivity index (χ1n) is 12.3. The van der Waals surface area contributed by atoms with Crippen molar-refractivity contribution in [2.75, 3.05) is 41.8 Å². The van der Waals surface area contributed by atoms with Crippen LogP contribution in [0.3, 0.4) is 0 Å². The molecule has 198 valence electrons. The third-order valence-electron chi connectivity index (χ3n) is 6.38. The normalized spacial score (nSPS) is 17.4. The molecular formula is C26H28FN7O3S. The molecule has 10 nitrogen and oxygen atoms in total. The summed E-state index contributed by atoms with van der Waals surface area (Å²) in [4.78, 5) is 35.2. The average Bonchev–Trinajstić information content (AvgIpc) is 3.43. The lowest BCUT2D eigenvalue weighted by atomic mass is 9.93. The van der Waals surface area contributed by atoms with Crippen molar-refractivity contribution in [2.45, 2.75) is 25.3 Å². The summed E-state index contributed by atoms with van der Waals surface area (Å²) < 4.78 is 20.6. The van der Waals surface area contributed by atoms with E-state index in [0.717, 1.165) is 31.3 Å². The Morgan fingerprint density at radius 2 is 1.97 bits per heavy atom. The number of halogens is 1. The molecule has 2 aliphatic rings. The smallest absolute Gasteiger partial charge is 0.321 e. The summed E-state index contributed by atoms with van der Waals surface area (Å²) in [5.74, 6) is -1.26. The lowest BCUT2D eigenvalue weighted by molar-refractivity contribution is 0.1000. The van der Waals surface area contributed by atoms with Gasteiger partial charge in [-0.25, -0.2) is 19.2 Å². The van der Waals surface area contributed by atoms with Crippen molar-refractivity contribution in [3.05, 3.63) is 65.1 Å². The summed E-state index contributed by atoms with van der Waals surface area (Å²) in [7, 11) is 0. The number of amides is 3. The van der Waals surface area contributed by atoms with Crippen LogP contribution in [0.4, 0.5) is 31.5 Å². The van der Waals surface area contributed by atoms with E-state index in [1.165, 1.54) is 11.3 Å². The molecule has 1 saturated heterocycles. The van der Waals surface area contributed by atoms with Gasteiger partial charge in [0.25, 0.3) is 5.91 Å². The number of pyridine rings is 1. The molecule has 0 spiro atoms. The van der Waals surface area contributed by atoms with Gasteiger partial charge in [-0.3, -0.25) is 10.1 Å². The quantitative estimate of drug-likeness (QED) is 0.356. The number of thiazole rings is 1. The van der Waals surface area contributed by atoms with Gasteiger partial charge in [-0.2, -0.15) is 0 Å². The molecule has 3 amide bonds. The predicted octanol–water partition coefficient (Wildman–Crippen LogP) is 4.11. The van der Waals surface area contributed by atoms with E-state index < -0.39 is 11.7 Å². The number of ether oxygens (including phenoxy) is 1. The zero-order valence-electron chi connectivity index (χ0n) is 20.6. The Hall–Kier alpha value is -4.03.